The van der Waals surface area contributed by atoms with Crippen LogP contribution in [0.15, 0.2) is 35.1 Å². The van der Waals surface area contributed by atoms with E-state index in [2.05, 4.69) is 4.98 Å². The fourth-order valence-electron chi connectivity index (χ4n) is 2.84. The average Bonchev–Trinajstić information content (AvgIpc) is 2.95. The van der Waals surface area contributed by atoms with E-state index in [4.69, 9.17) is 18.9 Å². The maximum atomic E-state index is 12.4. The molecular formula is C18H20N2O5. The van der Waals surface area contributed by atoms with Crippen LogP contribution in [0.4, 0.5) is 0 Å². The van der Waals surface area contributed by atoms with Crippen molar-refractivity contribution in [3.8, 4) is 23.0 Å². The van der Waals surface area contributed by atoms with E-state index >= 15 is 0 Å². The number of aromatic nitrogens is 2. The van der Waals surface area contributed by atoms with Gasteiger partial charge in [0.2, 0.25) is 5.75 Å². The Labute approximate surface area is 144 Å². The van der Waals surface area contributed by atoms with Crippen LogP contribution in [0.25, 0.3) is 11.0 Å². The lowest BCUT2D eigenvalue weighted by Crippen LogP contribution is -2.17. The van der Waals surface area contributed by atoms with Gasteiger partial charge in [0.05, 0.1) is 46.0 Å². The summed E-state index contributed by atoms with van der Waals surface area (Å²) in [6, 6.07) is 9.13. The summed E-state index contributed by atoms with van der Waals surface area (Å²) in [5, 5.41) is 0. The highest BCUT2D eigenvalue weighted by atomic mass is 16.5. The number of benzene rings is 2. The summed E-state index contributed by atoms with van der Waals surface area (Å²) in [4.78, 5) is 15.2. The zero-order chi connectivity index (χ0) is 18.0. The highest BCUT2D eigenvalue weighted by Crippen LogP contribution is 2.38. The predicted octanol–water partition coefficient (Wildman–Crippen LogP) is 2.41. The zero-order valence-electron chi connectivity index (χ0n) is 14.6. The van der Waals surface area contributed by atoms with Gasteiger partial charge in [-0.25, -0.2) is 4.79 Å². The van der Waals surface area contributed by atoms with E-state index < -0.39 is 0 Å². The molecule has 3 rings (SSSR count). The number of hydrogen-bond donors (Lipinski definition) is 1. The Kier molecular flexibility index (Phi) is 4.56. The lowest BCUT2D eigenvalue weighted by Gasteiger charge is -2.14. The average molecular weight is 344 g/mol. The van der Waals surface area contributed by atoms with Gasteiger partial charge in [-0.3, -0.25) is 4.57 Å². The van der Waals surface area contributed by atoms with Gasteiger partial charge in [-0.15, -0.1) is 0 Å². The molecular weight excluding hydrogens is 324 g/mol. The van der Waals surface area contributed by atoms with E-state index in [1.54, 1.807) is 39.1 Å². The molecule has 0 radical (unpaired) electrons. The number of ether oxygens (including phenoxy) is 4. The minimum Gasteiger partial charge on any atom is -0.497 e. The molecule has 0 aliphatic heterocycles. The lowest BCUT2D eigenvalue weighted by atomic mass is 10.1. The standard InChI is InChI=1S/C18H20N2O5/c1-22-12-5-6-14-13(9-12)19-18(21)20(14)10-11-7-15(23-2)17(25-4)16(8-11)24-3/h5-9H,10H2,1-4H3,(H,19,21). The fourth-order valence-corrected chi connectivity index (χ4v) is 2.84. The van der Waals surface area contributed by atoms with Crippen molar-refractivity contribution in [1.82, 2.24) is 9.55 Å². The maximum Gasteiger partial charge on any atom is 0.326 e. The Morgan fingerprint density at radius 1 is 0.920 bits per heavy atom. The highest BCUT2D eigenvalue weighted by Gasteiger charge is 2.15. The van der Waals surface area contributed by atoms with Crippen LogP contribution >= 0.6 is 0 Å². The number of H-pyrrole nitrogens is 1. The second-order valence-electron chi connectivity index (χ2n) is 5.43. The van der Waals surface area contributed by atoms with Gasteiger partial charge in [0.1, 0.15) is 5.75 Å². The van der Waals surface area contributed by atoms with E-state index in [0.717, 1.165) is 16.6 Å². The van der Waals surface area contributed by atoms with Gasteiger partial charge in [0, 0.05) is 6.07 Å². The van der Waals surface area contributed by atoms with Crippen LogP contribution in [0, 0.1) is 0 Å². The molecule has 1 aromatic heterocycles. The number of methoxy groups -OCH3 is 4. The van der Waals surface area contributed by atoms with Gasteiger partial charge in [-0.1, -0.05) is 0 Å². The van der Waals surface area contributed by atoms with Crippen molar-refractivity contribution in [2.45, 2.75) is 6.54 Å². The summed E-state index contributed by atoms with van der Waals surface area (Å²) in [5.74, 6) is 2.30. The molecule has 0 atom stereocenters. The number of rotatable bonds is 6. The zero-order valence-corrected chi connectivity index (χ0v) is 14.6. The maximum absolute atomic E-state index is 12.4. The van der Waals surface area contributed by atoms with Crippen molar-refractivity contribution in [2.75, 3.05) is 28.4 Å². The molecule has 25 heavy (non-hydrogen) atoms. The summed E-state index contributed by atoms with van der Waals surface area (Å²) >= 11 is 0. The Hall–Kier alpha value is -3.09. The smallest absolute Gasteiger partial charge is 0.326 e. The van der Waals surface area contributed by atoms with Crippen molar-refractivity contribution in [2.24, 2.45) is 0 Å². The molecule has 1 heterocycles. The number of nitrogens with one attached hydrogen (secondary N) is 1. The van der Waals surface area contributed by atoms with E-state index in [9.17, 15) is 4.79 Å². The summed E-state index contributed by atoms with van der Waals surface area (Å²) in [5.41, 5.74) is 2.17. The first-order valence-corrected chi connectivity index (χ1v) is 7.66. The molecule has 0 fully saturated rings. The minimum atomic E-state index is -0.197. The van der Waals surface area contributed by atoms with Crippen LogP contribution in [-0.4, -0.2) is 38.0 Å². The quantitative estimate of drug-likeness (QED) is 0.743. The Balaban J connectivity index is 2.07. The van der Waals surface area contributed by atoms with Gasteiger partial charge < -0.3 is 23.9 Å². The Morgan fingerprint density at radius 3 is 2.16 bits per heavy atom. The van der Waals surface area contributed by atoms with E-state index in [1.165, 1.54) is 0 Å². The Morgan fingerprint density at radius 2 is 1.60 bits per heavy atom. The third kappa shape index (κ3) is 3.00. The molecule has 0 aliphatic rings. The normalized spacial score (nSPS) is 10.7. The van der Waals surface area contributed by atoms with Gasteiger partial charge >= 0.3 is 5.69 Å². The second kappa shape index (κ2) is 6.80. The number of hydrogen-bond acceptors (Lipinski definition) is 5. The molecule has 0 aliphatic carbocycles. The van der Waals surface area contributed by atoms with Gasteiger partial charge in [-0.05, 0) is 29.8 Å². The first-order valence-electron chi connectivity index (χ1n) is 7.66. The van der Waals surface area contributed by atoms with Gasteiger partial charge in [0.25, 0.3) is 0 Å². The van der Waals surface area contributed by atoms with Crippen LogP contribution in [0.1, 0.15) is 5.56 Å². The van der Waals surface area contributed by atoms with Crippen molar-refractivity contribution < 1.29 is 18.9 Å². The summed E-state index contributed by atoms with van der Waals surface area (Å²) < 4.78 is 22.9. The summed E-state index contributed by atoms with van der Waals surface area (Å²) in [6.45, 7) is 0.363. The molecule has 0 bridgehead atoms. The highest BCUT2D eigenvalue weighted by molar-refractivity contribution is 5.77. The van der Waals surface area contributed by atoms with Crippen molar-refractivity contribution in [3.63, 3.8) is 0 Å². The van der Waals surface area contributed by atoms with Gasteiger partial charge in [0.15, 0.2) is 11.5 Å². The molecule has 3 aromatic rings. The van der Waals surface area contributed by atoms with Crippen molar-refractivity contribution >= 4 is 11.0 Å². The van der Waals surface area contributed by atoms with Crippen molar-refractivity contribution in [3.05, 3.63) is 46.4 Å². The van der Waals surface area contributed by atoms with Crippen LogP contribution in [-0.2, 0) is 6.54 Å². The molecule has 0 spiro atoms. The van der Waals surface area contributed by atoms with E-state index in [1.807, 2.05) is 24.3 Å². The SMILES string of the molecule is COc1ccc2c(c1)[nH]c(=O)n2Cc1cc(OC)c(OC)c(OC)c1. The van der Waals surface area contributed by atoms with Crippen LogP contribution < -0.4 is 24.6 Å². The molecule has 0 saturated carbocycles. The van der Waals surface area contributed by atoms with E-state index in [-0.39, 0.29) is 5.69 Å². The number of aromatic amines is 1. The first kappa shape index (κ1) is 16.8. The number of imidazole rings is 1. The predicted molar refractivity (Wildman–Crippen MR) is 94.3 cm³/mol. The Bertz CT molecular complexity index is 933. The lowest BCUT2D eigenvalue weighted by molar-refractivity contribution is 0.323. The summed E-state index contributed by atoms with van der Waals surface area (Å²) in [6.07, 6.45) is 0. The second-order valence-corrected chi connectivity index (χ2v) is 5.43. The topological polar surface area (TPSA) is 74.7 Å². The van der Waals surface area contributed by atoms with Crippen molar-refractivity contribution in [1.29, 1.82) is 0 Å². The molecule has 1 N–H and O–H groups in total. The van der Waals surface area contributed by atoms with Crippen LogP contribution in [0.2, 0.25) is 0 Å². The largest absolute Gasteiger partial charge is 0.497 e. The number of fused-ring (bicyclic) bond motifs is 1. The molecule has 7 nitrogen and oxygen atoms in total. The first-order chi connectivity index (χ1) is 12.1. The molecule has 2 aromatic carbocycles. The van der Waals surface area contributed by atoms with Crippen LogP contribution in [0.3, 0.4) is 0 Å². The molecule has 7 heteroatoms. The molecule has 132 valence electrons. The van der Waals surface area contributed by atoms with Gasteiger partial charge in [-0.2, -0.15) is 0 Å². The third-order valence-electron chi connectivity index (χ3n) is 4.05. The van der Waals surface area contributed by atoms with E-state index in [0.29, 0.717) is 29.5 Å². The fraction of sp³-hybridized carbons (Fsp3) is 0.278. The molecule has 0 amide bonds. The molecule has 0 saturated heterocycles. The molecule has 0 unspecified atom stereocenters. The monoisotopic (exact) mass is 344 g/mol. The third-order valence-corrected chi connectivity index (χ3v) is 4.05. The minimum absolute atomic E-state index is 0.197. The summed E-state index contributed by atoms with van der Waals surface area (Å²) in [7, 11) is 6.26. The number of nitrogens with zero attached hydrogens (tertiary/aromatic N) is 1. The van der Waals surface area contributed by atoms with Crippen LogP contribution in [0.5, 0.6) is 23.0 Å².